The molecule has 1 aromatic carbocycles. The minimum absolute atomic E-state index is 0.0762. The van der Waals surface area contributed by atoms with E-state index in [1.807, 2.05) is 0 Å². The summed E-state index contributed by atoms with van der Waals surface area (Å²) < 4.78 is 28.8. The summed E-state index contributed by atoms with van der Waals surface area (Å²) in [7, 11) is 0. The molecule has 0 spiro atoms. The molecule has 1 aromatic rings. The highest BCUT2D eigenvalue weighted by Gasteiger charge is 2.21. The van der Waals surface area contributed by atoms with E-state index in [-0.39, 0.29) is 10.8 Å². The molecule has 16 heavy (non-hydrogen) atoms. The van der Waals surface area contributed by atoms with Crippen molar-refractivity contribution < 1.29 is 13.5 Å². The zero-order chi connectivity index (χ0) is 11.5. The lowest BCUT2D eigenvalue weighted by Crippen LogP contribution is -2.16. The van der Waals surface area contributed by atoms with E-state index in [4.69, 9.17) is 11.6 Å². The fraction of sp³-hybridized carbons (Fsp3) is 0.455. The van der Waals surface area contributed by atoms with Crippen molar-refractivity contribution in [2.75, 3.05) is 0 Å². The molecule has 0 aromatic heterocycles. The third kappa shape index (κ3) is 3.06. The topological polar surface area (TPSA) is 21.3 Å². The first-order valence-corrected chi connectivity index (χ1v) is 5.50. The molecule has 2 nitrogen and oxygen atoms in total. The van der Waals surface area contributed by atoms with E-state index in [0.29, 0.717) is 18.2 Å². The van der Waals surface area contributed by atoms with Gasteiger partial charge in [0.2, 0.25) is 0 Å². The Morgan fingerprint density at radius 1 is 1.44 bits per heavy atom. The Bertz CT molecular complexity index is 369. The number of halogens is 3. The van der Waals surface area contributed by atoms with Crippen molar-refractivity contribution in [2.45, 2.75) is 32.0 Å². The highest BCUT2D eigenvalue weighted by molar-refractivity contribution is 6.32. The molecule has 1 saturated carbocycles. The van der Waals surface area contributed by atoms with Gasteiger partial charge in [-0.3, -0.25) is 0 Å². The number of benzene rings is 1. The van der Waals surface area contributed by atoms with Gasteiger partial charge in [0.25, 0.3) is 0 Å². The van der Waals surface area contributed by atoms with Crippen LogP contribution in [-0.4, -0.2) is 12.7 Å². The quantitative estimate of drug-likeness (QED) is 0.863. The molecule has 0 bridgehead atoms. The van der Waals surface area contributed by atoms with Crippen LogP contribution in [0, 0.1) is 0 Å². The van der Waals surface area contributed by atoms with E-state index in [9.17, 15) is 8.78 Å². The Balaban J connectivity index is 2.10. The molecule has 1 N–H and O–H groups in total. The molecular formula is C11H12ClF2NO. The van der Waals surface area contributed by atoms with Crippen LogP contribution in [0.2, 0.25) is 5.02 Å². The smallest absolute Gasteiger partial charge is 0.387 e. The third-order valence-corrected chi connectivity index (χ3v) is 2.71. The average molecular weight is 248 g/mol. The number of hydrogen-bond acceptors (Lipinski definition) is 2. The first kappa shape index (κ1) is 11.6. The van der Waals surface area contributed by atoms with Crippen LogP contribution in [0.5, 0.6) is 5.75 Å². The van der Waals surface area contributed by atoms with E-state index in [0.717, 1.165) is 12.8 Å². The molecule has 2 rings (SSSR count). The van der Waals surface area contributed by atoms with Crippen molar-refractivity contribution in [3.05, 3.63) is 28.8 Å². The molecule has 0 atom stereocenters. The molecule has 5 heteroatoms. The summed E-state index contributed by atoms with van der Waals surface area (Å²) in [5.74, 6) is 0.0762. The number of nitrogens with one attached hydrogen (secondary N) is 1. The van der Waals surface area contributed by atoms with Gasteiger partial charge in [0.1, 0.15) is 5.75 Å². The minimum Gasteiger partial charge on any atom is -0.433 e. The number of rotatable bonds is 5. The van der Waals surface area contributed by atoms with Crippen LogP contribution in [0.15, 0.2) is 18.2 Å². The zero-order valence-corrected chi connectivity index (χ0v) is 9.31. The van der Waals surface area contributed by atoms with Gasteiger partial charge in [-0.15, -0.1) is 0 Å². The summed E-state index contributed by atoms with van der Waals surface area (Å²) in [5.41, 5.74) is 0.666. The van der Waals surface area contributed by atoms with Gasteiger partial charge in [-0.2, -0.15) is 8.78 Å². The first-order valence-electron chi connectivity index (χ1n) is 5.12. The van der Waals surface area contributed by atoms with Crippen LogP contribution in [0.4, 0.5) is 8.78 Å². The van der Waals surface area contributed by atoms with Gasteiger partial charge in [0.15, 0.2) is 0 Å². The second-order valence-corrected chi connectivity index (χ2v) is 4.17. The van der Waals surface area contributed by atoms with E-state index in [1.54, 1.807) is 18.2 Å². The molecule has 1 aliphatic carbocycles. The largest absolute Gasteiger partial charge is 0.433 e. The van der Waals surface area contributed by atoms with Crippen LogP contribution in [-0.2, 0) is 6.54 Å². The summed E-state index contributed by atoms with van der Waals surface area (Å²) in [6.07, 6.45) is 2.29. The van der Waals surface area contributed by atoms with E-state index in [1.165, 1.54) is 0 Å². The lowest BCUT2D eigenvalue weighted by atomic mass is 10.2. The maximum atomic E-state index is 12.2. The van der Waals surface area contributed by atoms with Gasteiger partial charge in [0.05, 0.1) is 5.02 Å². The predicted octanol–water partition coefficient (Wildman–Crippen LogP) is 3.19. The van der Waals surface area contributed by atoms with Crippen molar-refractivity contribution in [2.24, 2.45) is 0 Å². The number of para-hydroxylation sites is 1. The maximum absolute atomic E-state index is 12.2. The second-order valence-electron chi connectivity index (χ2n) is 3.76. The molecule has 1 aliphatic rings. The van der Waals surface area contributed by atoms with Crippen LogP contribution in [0.25, 0.3) is 0 Å². The van der Waals surface area contributed by atoms with Crippen molar-refractivity contribution in [3.8, 4) is 5.75 Å². The first-order chi connectivity index (χ1) is 7.66. The summed E-state index contributed by atoms with van der Waals surface area (Å²) in [5, 5.41) is 3.45. The molecule has 0 amide bonds. The molecule has 0 radical (unpaired) electrons. The summed E-state index contributed by atoms with van der Waals surface area (Å²) >= 11 is 5.82. The van der Waals surface area contributed by atoms with Gasteiger partial charge in [-0.1, -0.05) is 23.7 Å². The maximum Gasteiger partial charge on any atom is 0.387 e. The highest BCUT2D eigenvalue weighted by Crippen LogP contribution is 2.30. The molecule has 0 unspecified atom stereocenters. The Morgan fingerprint density at radius 2 is 2.19 bits per heavy atom. The lowest BCUT2D eigenvalue weighted by molar-refractivity contribution is -0.0504. The standard InChI is InChI=1S/C11H12ClF2NO/c12-9-3-1-2-7(6-15-8-4-5-8)10(9)16-11(13)14/h1-3,8,11,15H,4-6H2. The monoisotopic (exact) mass is 247 g/mol. The van der Waals surface area contributed by atoms with Crippen LogP contribution >= 0.6 is 11.6 Å². The van der Waals surface area contributed by atoms with E-state index in [2.05, 4.69) is 10.1 Å². The highest BCUT2D eigenvalue weighted by atomic mass is 35.5. The normalized spacial score (nSPS) is 15.5. The van der Waals surface area contributed by atoms with Gasteiger partial charge in [0, 0.05) is 18.2 Å². The summed E-state index contributed by atoms with van der Waals surface area (Å²) in [4.78, 5) is 0. The average Bonchev–Trinajstić information content (AvgIpc) is 3.02. The number of ether oxygens (including phenoxy) is 1. The Kier molecular flexibility index (Phi) is 3.61. The molecule has 0 heterocycles. The SMILES string of the molecule is FC(F)Oc1c(Cl)cccc1CNC1CC1. The fourth-order valence-electron chi connectivity index (χ4n) is 1.46. The van der Waals surface area contributed by atoms with Crippen molar-refractivity contribution in [1.82, 2.24) is 5.32 Å². The Hall–Kier alpha value is -0.870. The van der Waals surface area contributed by atoms with Gasteiger partial charge >= 0.3 is 6.61 Å². The Labute approximate surface area is 97.5 Å². The van der Waals surface area contributed by atoms with Gasteiger partial charge in [-0.25, -0.2) is 0 Å². The number of alkyl halides is 2. The molecular weight excluding hydrogens is 236 g/mol. The third-order valence-electron chi connectivity index (χ3n) is 2.41. The van der Waals surface area contributed by atoms with Crippen molar-refractivity contribution in [1.29, 1.82) is 0 Å². The van der Waals surface area contributed by atoms with Crippen LogP contribution in [0.1, 0.15) is 18.4 Å². The van der Waals surface area contributed by atoms with Crippen molar-refractivity contribution in [3.63, 3.8) is 0 Å². The minimum atomic E-state index is -2.85. The van der Waals surface area contributed by atoms with Crippen LogP contribution in [0.3, 0.4) is 0 Å². The van der Waals surface area contributed by atoms with E-state index >= 15 is 0 Å². The molecule has 0 saturated heterocycles. The fourth-order valence-corrected chi connectivity index (χ4v) is 1.69. The predicted molar refractivity (Wildman–Crippen MR) is 57.9 cm³/mol. The van der Waals surface area contributed by atoms with E-state index < -0.39 is 6.61 Å². The Morgan fingerprint density at radius 3 is 2.81 bits per heavy atom. The van der Waals surface area contributed by atoms with Gasteiger partial charge < -0.3 is 10.1 Å². The van der Waals surface area contributed by atoms with Crippen molar-refractivity contribution >= 4 is 11.6 Å². The molecule has 0 aliphatic heterocycles. The molecule has 1 fully saturated rings. The summed E-state index contributed by atoms with van der Waals surface area (Å²) in [6, 6.07) is 5.52. The van der Waals surface area contributed by atoms with Crippen LogP contribution < -0.4 is 10.1 Å². The lowest BCUT2D eigenvalue weighted by Gasteiger charge is -2.12. The summed E-state index contributed by atoms with van der Waals surface area (Å²) in [6.45, 7) is -2.34. The molecule has 88 valence electrons. The second kappa shape index (κ2) is 4.97. The van der Waals surface area contributed by atoms with Gasteiger partial charge in [-0.05, 0) is 18.9 Å². The zero-order valence-electron chi connectivity index (χ0n) is 8.55. The number of hydrogen-bond donors (Lipinski definition) is 1.